The molecule has 0 saturated carbocycles. The molecule has 0 bridgehead atoms. The van der Waals surface area contributed by atoms with E-state index in [2.05, 4.69) is 11.4 Å². The number of carbonyl (C=O) groups is 1. The lowest BCUT2D eigenvalue weighted by atomic mass is 10.2. The second-order valence-electron chi connectivity index (χ2n) is 4.99. The van der Waals surface area contributed by atoms with Crippen LogP contribution in [0, 0.1) is 5.82 Å². The van der Waals surface area contributed by atoms with Gasteiger partial charge in [0, 0.05) is 17.2 Å². The van der Waals surface area contributed by atoms with E-state index in [9.17, 15) is 9.18 Å². The number of thioether (sulfide) groups is 2. The minimum absolute atomic E-state index is 0.108. The van der Waals surface area contributed by atoms with Gasteiger partial charge in [0.1, 0.15) is 11.6 Å². The second-order valence-corrected chi connectivity index (χ2v) is 7.71. The van der Waals surface area contributed by atoms with Crippen molar-refractivity contribution < 1.29 is 13.9 Å². The van der Waals surface area contributed by atoms with Crippen LogP contribution in [0.2, 0.25) is 0 Å². The Balaban J connectivity index is 1.55. The molecule has 120 valence electrons. The third kappa shape index (κ3) is 4.65. The van der Waals surface area contributed by atoms with E-state index in [1.54, 1.807) is 0 Å². The lowest BCUT2D eigenvalue weighted by molar-refractivity contribution is -0.118. The van der Waals surface area contributed by atoms with E-state index < -0.39 is 0 Å². The molecule has 2 aromatic rings. The monoisotopic (exact) mass is 349 g/mol. The van der Waals surface area contributed by atoms with Gasteiger partial charge >= 0.3 is 0 Å². The van der Waals surface area contributed by atoms with Gasteiger partial charge in [0.15, 0.2) is 6.61 Å². The smallest absolute Gasteiger partial charge is 0.262 e. The molecule has 3 nitrogen and oxygen atoms in total. The predicted molar refractivity (Wildman–Crippen MR) is 94.6 cm³/mol. The molecule has 2 aromatic carbocycles. The van der Waals surface area contributed by atoms with Crippen LogP contribution >= 0.6 is 23.5 Å². The van der Waals surface area contributed by atoms with E-state index in [0.717, 1.165) is 17.2 Å². The minimum Gasteiger partial charge on any atom is -0.484 e. The summed E-state index contributed by atoms with van der Waals surface area (Å²) in [4.78, 5) is 12.0. The van der Waals surface area contributed by atoms with Crippen molar-refractivity contribution in [3.8, 4) is 5.75 Å². The fraction of sp³-hybridized carbons (Fsp3) is 0.235. The zero-order valence-corrected chi connectivity index (χ0v) is 14.0. The maximum absolute atomic E-state index is 12.8. The summed E-state index contributed by atoms with van der Waals surface area (Å²) in [6, 6.07) is 13.5. The maximum atomic E-state index is 12.8. The van der Waals surface area contributed by atoms with E-state index >= 15 is 0 Å². The molecule has 0 radical (unpaired) electrons. The topological polar surface area (TPSA) is 38.3 Å². The average Bonchev–Trinajstić information content (AvgIpc) is 3.09. The van der Waals surface area contributed by atoms with Gasteiger partial charge < -0.3 is 10.1 Å². The van der Waals surface area contributed by atoms with Gasteiger partial charge in [-0.15, -0.1) is 23.5 Å². The van der Waals surface area contributed by atoms with Crippen LogP contribution < -0.4 is 10.1 Å². The van der Waals surface area contributed by atoms with Gasteiger partial charge in [-0.2, -0.15) is 0 Å². The normalized spacial score (nSPS) is 14.7. The maximum Gasteiger partial charge on any atom is 0.262 e. The highest BCUT2D eigenvalue weighted by molar-refractivity contribution is 8.19. The summed E-state index contributed by atoms with van der Waals surface area (Å²) >= 11 is 3.85. The third-order valence-electron chi connectivity index (χ3n) is 3.25. The summed E-state index contributed by atoms with van der Waals surface area (Å²) in [5.41, 5.74) is 1.98. The van der Waals surface area contributed by atoms with Crippen LogP contribution in [0.5, 0.6) is 5.75 Å². The highest BCUT2D eigenvalue weighted by Crippen LogP contribution is 2.45. The highest BCUT2D eigenvalue weighted by Gasteiger charge is 2.18. The zero-order valence-electron chi connectivity index (χ0n) is 12.3. The summed E-state index contributed by atoms with van der Waals surface area (Å²) in [7, 11) is 0. The second kappa shape index (κ2) is 7.75. The van der Waals surface area contributed by atoms with Crippen molar-refractivity contribution in [1.29, 1.82) is 0 Å². The first-order valence-electron chi connectivity index (χ1n) is 7.22. The molecule has 0 spiro atoms. The first-order valence-corrected chi connectivity index (χ1v) is 9.32. The Morgan fingerprint density at radius 2 is 1.91 bits per heavy atom. The molecular formula is C17H16FNO2S2. The summed E-state index contributed by atoms with van der Waals surface area (Å²) in [5, 5.41) is 2.83. The Kier molecular flexibility index (Phi) is 5.46. The fourth-order valence-corrected chi connectivity index (χ4v) is 5.03. The van der Waals surface area contributed by atoms with Gasteiger partial charge in [0.2, 0.25) is 0 Å². The van der Waals surface area contributed by atoms with Gasteiger partial charge in [-0.25, -0.2) is 4.39 Å². The quantitative estimate of drug-likeness (QED) is 0.872. The molecule has 0 atom stereocenters. The molecule has 1 aliphatic rings. The first-order chi connectivity index (χ1) is 11.2. The van der Waals surface area contributed by atoms with E-state index in [1.165, 1.54) is 29.8 Å². The van der Waals surface area contributed by atoms with Crippen molar-refractivity contribution in [2.45, 2.75) is 4.58 Å². The standard InChI is InChI=1S/C17H16FNO2S2/c18-13-4-6-15(7-5-13)21-11-16(20)19-14-3-1-2-12(10-14)17-22-8-9-23-17/h1-7,10,17H,8-9,11H2,(H,19,20). The predicted octanol–water partition coefficient (Wildman–Crippen LogP) is 4.32. The number of nitrogens with one attached hydrogen (secondary N) is 1. The fourth-order valence-electron chi connectivity index (χ4n) is 2.19. The highest BCUT2D eigenvalue weighted by atomic mass is 32.2. The number of hydrogen-bond acceptors (Lipinski definition) is 4. The molecule has 3 rings (SSSR count). The van der Waals surface area contributed by atoms with Crippen LogP contribution in [0.3, 0.4) is 0 Å². The van der Waals surface area contributed by atoms with Gasteiger partial charge in [-0.05, 0) is 42.0 Å². The molecule has 0 aliphatic carbocycles. The number of benzene rings is 2. The molecule has 1 aliphatic heterocycles. The zero-order chi connectivity index (χ0) is 16.1. The van der Waals surface area contributed by atoms with E-state index in [0.29, 0.717) is 10.3 Å². The van der Waals surface area contributed by atoms with Crippen molar-refractivity contribution >= 4 is 35.1 Å². The Morgan fingerprint density at radius 1 is 1.17 bits per heavy atom. The third-order valence-corrected chi connectivity index (χ3v) is 6.35. The summed E-state index contributed by atoms with van der Waals surface area (Å²) < 4.78 is 18.6. The number of amides is 1. The summed E-state index contributed by atoms with van der Waals surface area (Å²) in [6.45, 7) is -0.108. The SMILES string of the molecule is O=C(COc1ccc(F)cc1)Nc1cccc(C2SCCS2)c1. The van der Waals surface area contributed by atoms with E-state index in [-0.39, 0.29) is 18.3 Å². The van der Waals surface area contributed by atoms with E-state index in [1.807, 2.05) is 41.7 Å². The van der Waals surface area contributed by atoms with Crippen molar-refractivity contribution in [2.75, 3.05) is 23.4 Å². The van der Waals surface area contributed by atoms with Crippen LogP contribution in [0.4, 0.5) is 10.1 Å². The van der Waals surface area contributed by atoms with Crippen LogP contribution in [-0.2, 0) is 4.79 Å². The Labute approximate surface area is 143 Å². The molecule has 1 amide bonds. The molecule has 23 heavy (non-hydrogen) atoms. The number of rotatable bonds is 5. The molecule has 1 fully saturated rings. The number of carbonyl (C=O) groups excluding carboxylic acids is 1. The number of hydrogen-bond donors (Lipinski definition) is 1. The van der Waals surface area contributed by atoms with Crippen LogP contribution in [-0.4, -0.2) is 24.0 Å². The lowest BCUT2D eigenvalue weighted by Crippen LogP contribution is -2.20. The van der Waals surface area contributed by atoms with Crippen molar-refractivity contribution in [1.82, 2.24) is 0 Å². The molecule has 0 aromatic heterocycles. The van der Waals surface area contributed by atoms with Gasteiger partial charge in [-0.1, -0.05) is 12.1 Å². The summed E-state index contributed by atoms with van der Waals surface area (Å²) in [6.07, 6.45) is 0. The lowest BCUT2D eigenvalue weighted by Gasteiger charge is -2.11. The average molecular weight is 349 g/mol. The molecule has 1 N–H and O–H groups in total. The van der Waals surface area contributed by atoms with Crippen molar-refractivity contribution in [2.24, 2.45) is 0 Å². The van der Waals surface area contributed by atoms with Crippen LogP contribution in [0.15, 0.2) is 48.5 Å². The molecule has 0 unspecified atom stereocenters. The summed E-state index contributed by atoms with van der Waals surface area (Å²) in [5.74, 6) is 2.23. The van der Waals surface area contributed by atoms with E-state index in [4.69, 9.17) is 4.74 Å². The minimum atomic E-state index is -0.332. The Bertz CT molecular complexity index is 673. The molecule has 6 heteroatoms. The number of anilines is 1. The van der Waals surface area contributed by atoms with Crippen LogP contribution in [0.25, 0.3) is 0 Å². The van der Waals surface area contributed by atoms with Crippen molar-refractivity contribution in [3.05, 3.63) is 59.9 Å². The van der Waals surface area contributed by atoms with Gasteiger partial charge in [-0.3, -0.25) is 4.79 Å². The van der Waals surface area contributed by atoms with Gasteiger partial charge in [0.05, 0.1) is 4.58 Å². The number of ether oxygens (including phenoxy) is 1. The molecule has 1 heterocycles. The molecular weight excluding hydrogens is 333 g/mol. The Morgan fingerprint density at radius 3 is 2.65 bits per heavy atom. The largest absolute Gasteiger partial charge is 0.484 e. The van der Waals surface area contributed by atoms with Crippen LogP contribution in [0.1, 0.15) is 10.1 Å². The van der Waals surface area contributed by atoms with Gasteiger partial charge in [0.25, 0.3) is 5.91 Å². The first kappa shape index (κ1) is 16.2. The van der Waals surface area contributed by atoms with Crippen molar-refractivity contribution in [3.63, 3.8) is 0 Å². The number of halogens is 1. The molecule has 1 saturated heterocycles. The Hall–Kier alpha value is -1.66.